The second-order valence-corrected chi connectivity index (χ2v) is 6.39. The smallest absolute Gasteiger partial charge is 0.254 e. The standard InChI is InChI=1S/C20H23N5O/c1-23(2)13-14-24(16-17-7-10-21-11-8-17)20(26)18-5-3-6-19(15-18)25-12-4-9-22-25/h3-12,15H,13-14,16H2,1-2H3. The van der Waals surface area contributed by atoms with Crippen molar-refractivity contribution in [2.75, 3.05) is 27.2 Å². The van der Waals surface area contributed by atoms with Crippen LogP contribution in [0.1, 0.15) is 15.9 Å². The maximum atomic E-state index is 13.1. The third-order valence-electron chi connectivity index (χ3n) is 4.09. The van der Waals surface area contributed by atoms with E-state index in [0.717, 1.165) is 17.8 Å². The van der Waals surface area contributed by atoms with Crippen molar-refractivity contribution in [3.63, 3.8) is 0 Å². The summed E-state index contributed by atoms with van der Waals surface area (Å²) in [4.78, 5) is 21.1. The van der Waals surface area contributed by atoms with Crippen LogP contribution in [-0.4, -0.2) is 57.7 Å². The number of rotatable bonds is 7. The van der Waals surface area contributed by atoms with Crippen molar-refractivity contribution in [1.82, 2.24) is 24.6 Å². The number of hydrogen-bond acceptors (Lipinski definition) is 4. The van der Waals surface area contributed by atoms with Gasteiger partial charge in [0.25, 0.3) is 5.91 Å². The number of amides is 1. The summed E-state index contributed by atoms with van der Waals surface area (Å²) >= 11 is 0. The van der Waals surface area contributed by atoms with Crippen LogP contribution in [0.2, 0.25) is 0 Å². The van der Waals surface area contributed by atoms with Crippen LogP contribution in [0.3, 0.4) is 0 Å². The van der Waals surface area contributed by atoms with Crippen LogP contribution < -0.4 is 0 Å². The lowest BCUT2D eigenvalue weighted by Gasteiger charge is -2.25. The Labute approximate surface area is 153 Å². The van der Waals surface area contributed by atoms with Crippen LogP contribution in [0.15, 0.2) is 67.3 Å². The molecular weight excluding hydrogens is 326 g/mol. The summed E-state index contributed by atoms with van der Waals surface area (Å²) in [6.45, 7) is 2.01. The van der Waals surface area contributed by atoms with Gasteiger partial charge < -0.3 is 9.80 Å². The maximum absolute atomic E-state index is 13.1. The van der Waals surface area contributed by atoms with E-state index in [9.17, 15) is 4.79 Å². The number of benzene rings is 1. The summed E-state index contributed by atoms with van der Waals surface area (Å²) in [6.07, 6.45) is 7.09. The molecule has 26 heavy (non-hydrogen) atoms. The molecule has 1 amide bonds. The number of nitrogens with zero attached hydrogens (tertiary/aromatic N) is 5. The fourth-order valence-corrected chi connectivity index (χ4v) is 2.67. The number of aromatic nitrogens is 3. The van der Waals surface area contributed by atoms with E-state index in [2.05, 4.69) is 15.0 Å². The van der Waals surface area contributed by atoms with Gasteiger partial charge in [0.2, 0.25) is 0 Å². The maximum Gasteiger partial charge on any atom is 0.254 e. The van der Waals surface area contributed by atoms with Gasteiger partial charge >= 0.3 is 0 Å². The van der Waals surface area contributed by atoms with E-state index in [0.29, 0.717) is 18.7 Å². The SMILES string of the molecule is CN(C)CCN(Cc1ccncc1)C(=O)c1cccc(-n2cccn2)c1. The fraction of sp³-hybridized carbons (Fsp3) is 0.250. The number of hydrogen-bond donors (Lipinski definition) is 0. The predicted molar refractivity (Wildman–Crippen MR) is 101 cm³/mol. The number of pyridine rings is 1. The molecule has 6 heteroatoms. The van der Waals surface area contributed by atoms with Gasteiger partial charge in [-0.1, -0.05) is 6.07 Å². The van der Waals surface area contributed by atoms with Gasteiger partial charge in [-0.2, -0.15) is 5.10 Å². The van der Waals surface area contributed by atoms with Gasteiger partial charge in [0, 0.05) is 50.0 Å². The number of likely N-dealkylation sites (N-methyl/N-ethyl adjacent to an activating group) is 1. The van der Waals surface area contributed by atoms with Crippen molar-refractivity contribution in [1.29, 1.82) is 0 Å². The summed E-state index contributed by atoms with van der Waals surface area (Å²) < 4.78 is 1.75. The first kappa shape index (κ1) is 17.8. The van der Waals surface area contributed by atoms with Crippen molar-refractivity contribution >= 4 is 5.91 Å². The number of carbonyl (C=O) groups is 1. The minimum absolute atomic E-state index is 0.0117. The zero-order valence-electron chi connectivity index (χ0n) is 15.1. The van der Waals surface area contributed by atoms with E-state index >= 15 is 0 Å². The van der Waals surface area contributed by atoms with Gasteiger partial charge in [-0.15, -0.1) is 0 Å². The Morgan fingerprint density at radius 2 is 1.85 bits per heavy atom. The quantitative estimate of drug-likeness (QED) is 0.658. The molecule has 0 bridgehead atoms. The Hall–Kier alpha value is -2.99. The predicted octanol–water partition coefficient (Wildman–Crippen LogP) is 2.47. The Morgan fingerprint density at radius 1 is 1.04 bits per heavy atom. The topological polar surface area (TPSA) is 54.3 Å². The summed E-state index contributed by atoms with van der Waals surface area (Å²) in [5.41, 5.74) is 2.60. The molecule has 3 aromatic rings. The monoisotopic (exact) mass is 349 g/mol. The largest absolute Gasteiger partial charge is 0.333 e. The van der Waals surface area contributed by atoms with E-state index in [1.54, 1.807) is 23.3 Å². The molecule has 0 saturated heterocycles. The zero-order valence-corrected chi connectivity index (χ0v) is 15.1. The van der Waals surface area contributed by atoms with Gasteiger partial charge in [0.05, 0.1) is 5.69 Å². The molecular formula is C20H23N5O. The van der Waals surface area contributed by atoms with E-state index < -0.39 is 0 Å². The van der Waals surface area contributed by atoms with Gasteiger partial charge in [-0.25, -0.2) is 4.68 Å². The van der Waals surface area contributed by atoms with Crippen LogP contribution in [-0.2, 0) is 6.54 Å². The fourth-order valence-electron chi connectivity index (χ4n) is 2.67. The molecule has 6 nitrogen and oxygen atoms in total. The van der Waals surface area contributed by atoms with Crippen molar-refractivity contribution in [2.45, 2.75) is 6.54 Å². The van der Waals surface area contributed by atoms with Crippen LogP contribution >= 0.6 is 0 Å². The second-order valence-electron chi connectivity index (χ2n) is 6.39. The van der Waals surface area contributed by atoms with Gasteiger partial charge in [-0.05, 0) is 56.1 Å². The summed E-state index contributed by atoms with van der Waals surface area (Å²) in [5.74, 6) is 0.0117. The average Bonchev–Trinajstić information content (AvgIpc) is 3.20. The Kier molecular flexibility index (Phi) is 5.76. The molecule has 0 aliphatic rings. The first-order valence-corrected chi connectivity index (χ1v) is 8.56. The molecule has 0 aliphatic carbocycles. The summed E-state index contributed by atoms with van der Waals surface area (Å²) in [5, 5.41) is 4.24. The Bertz CT molecular complexity index is 830. The molecule has 2 heterocycles. The van der Waals surface area contributed by atoms with Crippen molar-refractivity contribution < 1.29 is 4.79 Å². The van der Waals surface area contributed by atoms with Crippen LogP contribution in [0, 0.1) is 0 Å². The highest BCUT2D eigenvalue weighted by atomic mass is 16.2. The molecule has 0 aliphatic heterocycles. The van der Waals surface area contributed by atoms with Crippen LogP contribution in [0.25, 0.3) is 5.69 Å². The first-order valence-electron chi connectivity index (χ1n) is 8.56. The third-order valence-corrected chi connectivity index (χ3v) is 4.09. The lowest BCUT2D eigenvalue weighted by molar-refractivity contribution is 0.0732. The lowest BCUT2D eigenvalue weighted by Crippen LogP contribution is -2.36. The highest BCUT2D eigenvalue weighted by Crippen LogP contribution is 2.14. The van der Waals surface area contributed by atoms with E-state index in [4.69, 9.17) is 0 Å². The molecule has 0 atom stereocenters. The average molecular weight is 349 g/mol. The van der Waals surface area contributed by atoms with E-state index in [1.165, 1.54) is 0 Å². The summed E-state index contributed by atoms with van der Waals surface area (Å²) in [6, 6.07) is 13.3. The molecule has 2 aromatic heterocycles. The molecule has 0 unspecified atom stereocenters. The Balaban J connectivity index is 1.83. The highest BCUT2D eigenvalue weighted by Gasteiger charge is 2.17. The van der Waals surface area contributed by atoms with E-state index in [-0.39, 0.29) is 5.91 Å². The molecule has 134 valence electrons. The van der Waals surface area contributed by atoms with E-state index in [1.807, 2.05) is 67.7 Å². The van der Waals surface area contributed by atoms with Crippen molar-refractivity contribution in [3.8, 4) is 5.69 Å². The normalized spacial score (nSPS) is 10.9. The molecule has 0 fully saturated rings. The van der Waals surface area contributed by atoms with Gasteiger partial charge in [0.15, 0.2) is 0 Å². The minimum atomic E-state index is 0.0117. The lowest BCUT2D eigenvalue weighted by atomic mass is 10.1. The van der Waals surface area contributed by atoms with Crippen LogP contribution in [0.5, 0.6) is 0 Å². The van der Waals surface area contributed by atoms with Crippen molar-refractivity contribution in [3.05, 3.63) is 78.4 Å². The second kappa shape index (κ2) is 8.40. The zero-order chi connectivity index (χ0) is 18.4. The Morgan fingerprint density at radius 3 is 2.54 bits per heavy atom. The molecule has 0 N–H and O–H groups in total. The number of carbonyl (C=O) groups excluding carboxylic acids is 1. The van der Waals surface area contributed by atoms with Gasteiger partial charge in [-0.3, -0.25) is 9.78 Å². The minimum Gasteiger partial charge on any atom is -0.333 e. The van der Waals surface area contributed by atoms with Crippen molar-refractivity contribution in [2.24, 2.45) is 0 Å². The molecule has 0 spiro atoms. The molecule has 1 aromatic carbocycles. The van der Waals surface area contributed by atoms with Crippen LogP contribution in [0.4, 0.5) is 0 Å². The molecule has 3 rings (SSSR count). The first-order chi connectivity index (χ1) is 12.6. The third kappa shape index (κ3) is 4.55. The molecule has 0 saturated carbocycles. The van der Waals surface area contributed by atoms with Gasteiger partial charge in [0.1, 0.15) is 0 Å². The molecule has 0 radical (unpaired) electrons. The summed E-state index contributed by atoms with van der Waals surface area (Å²) in [7, 11) is 4.01. The highest BCUT2D eigenvalue weighted by molar-refractivity contribution is 5.94.